The lowest BCUT2D eigenvalue weighted by Gasteiger charge is -2.18. The Morgan fingerprint density at radius 2 is 1.93 bits per heavy atom. The van der Waals surface area contributed by atoms with Crippen molar-refractivity contribution in [2.24, 2.45) is 5.92 Å². The first-order valence-electron chi connectivity index (χ1n) is 8.79. The van der Waals surface area contributed by atoms with E-state index in [2.05, 4.69) is 5.32 Å². The number of amides is 2. The van der Waals surface area contributed by atoms with Crippen molar-refractivity contribution in [3.8, 4) is 5.75 Å². The molecule has 148 valence electrons. The molecule has 0 bridgehead atoms. The normalized spacial score (nSPS) is 16.9. The summed E-state index contributed by atoms with van der Waals surface area (Å²) >= 11 is 0. The van der Waals surface area contributed by atoms with Gasteiger partial charge in [0.1, 0.15) is 5.75 Å². The number of ether oxygens (including phenoxy) is 1. The van der Waals surface area contributed by atoms with Gasteiger partial charge in [-0.05, 0) is 49.4 Å². The highest BCUT2D eigenvalue weighted by Crippen LogP contribution is 2.33. The summed E-state index contributed by atoms with van der Waals surface area (Å²) in [6.45, 7) is 2.42. The van der Waals surface area contributed by atoms with Crippen molar-refractivity contribution in [1.82, 2.24) is 0 Å². The van der Waals surface area contributed by atoms with Crippen molar-refractivity contribution in [3.63, 3.8) is 0 Å². The molecule has 1 unspecified atom stereocenters. The fourth-order valence-electron chi connectivity index (χ4n) is 3.03. The highest BCUT2D eigenvalue weighted by atomic mass is 19.4. The number of nitrogens with zero attached hydrogens (tertiary/aromatic N) is 1. The maximum absolute atomic E-state index is 12.9. The third kappa shape index (κ3) is 4.44. The van der Waals surface area contributed by atoms with Crippen LogP contribution in [-0.4, -0.2) is 25.0 Å². The van der Waals surface area contributed by atoms with E-state index in [-0.39, 0.29) is 30.5 Å². The third-order valence-electron chi connectivity index (χ3n) is 4.41. The summed E-state index contributed by atoms with van der Waals surface area (Å²) in [5.41, 5.74) is -0.144. The Labute approximate surface area is 160 Å². The van der Waals surface area contributed by atoms with Crippen molar-refractivity contribution in [1.29, 1.82) is 0 Å². The number of nitrogens with one attached hydrogen (secondary N) is 1. The van der Waals surface area contributed by atoms with Gasteiger partial charge in [-0.2, -0.15) is 13.2 Å². The van der Waals surface area contributed by atoms with Crippen LogP contribution in [0, 0.1) is 5.92 Å². The van der Waals surface area contributed by atoms with E-state index in [1.54, 1.807) is 24.3 Å². The molecule has 3 rings (SSSR count). The zero-order chi connectivity index (χ0) is 20.3. The van der Waals surface area contributed by atoms with Crippen LogP contribution in [-0.2, 0) is 15.8 Å². The van der Waals surface area contributed by atoms with E-state index in [1.165, 1.54) is 17.0 Å². The van der Waals surface area contributed by atoms with Gasteiger partial charge >= 0.3 is 6.18 Å². The number of alkyl halides is 3. The van der Waals surface area contributed by atoms with E-state index < -0.39 is 17.7 Å². The molecule has 1 fully saturated rings. The summed E-state index contributed by atoms with van der Waals surface area (Å²) in [7, 11) is 0. The number of rotatable bonds is 5. The molecule has 0 aliphatic carbocycles. The number of carbonyl (C=O) groups is 2. The van der Waals surface area contributed by atoms with E-state index in [0.717, 1.165) is 12.1 Å². The lowest BCUT2D eigenvalue weighted by Crippen LogP contribution is -2.28. The van der Waals surface area contributed by atoms with E-state index in [9.17, 15) is 22.8 Å². The number of anilines is 2. The van der Waals surface area contributed by atoms with Gasteiger partial charge < -0.3 is 15.0 Å². The van der Waals surface area contributed by atoms with Gasteiger partial charge in [-0.15, -0.1) is 0 Å². The molecular weight excluding hydrogens is 373 g/mol. The predicted molar refractivity (Wildman–Crippen MR) is 98.1 cm³/mol. The zero-order valence-electron chi connectivity index (χ0n) is 15.1. The van der Waals surface area contributed by atoms with Crippen molar-refractivity contribution >= 4 is 23.2 Å². The summed E-state index contributed by atoms with van der Waals surface area (Å²) in [6, 6.07) is 11.3. The van der Waals surface area contributed by atoms with Gasteiger partial charge in [-0.25, -0.2) is 0 Å². The van der Waals surface area contributed by atoms with Crippen LogP contribution >= 0.6 is 0 Å². The lowest BCUT2D eigenvalue weighted by atomic mass is 10.1. The molecule has 1 aliphatic heterocycles. The molecular formula is C20H19F3N2O3. The molecule has 2 aromatic carbocycles. The van der Waals surface area contributed by atoms with Crippen LogP contribution in [0.2, 0.25) is 0 Å². The van der Waals surface area contributed by atoms with Gasteiger partial charge in [0.25, 0.3) is 0 Å². The molecule has 0 spiro atoms. The first-order valence-corrected chi connectivity index (χ1v) is 8.79. The molecule has 2 amide bonds. The fourth-order valence-corrected chi connectivity index (χ4v) is 3.03. The summed E-state index contributed by atoms with van der Waals surface area (Å²) in [5, 5.41) is 2.73. The maximum atomic E-state index is 12.9. The second-order valence-electron chi connectivity index (χ2n) is 6.40. The predicted octanol–water partition coefficient (Wildman–Crippen LogP) is 4.10. The van der Waals surface area contributed by atoms with Crippen molar-refractivity contribution in [2.75, 3.05) is 23.4 Å². The number of carbonyl (C=O) groups excluding carboxylic acids is 2. The molecule has 1 heterocycles. The minimum absolute atomic E-state index is 0.0308. The monoisotopic (exact) mass is 392 g/mol. The molecule has 8 heteroatoms. The summed E-state index contributed by atoms with van der Waals surface area (Å²) in [5.74, 6) is -0.709. The minimum Gasteiger partial charge on any atom is -0.494 e. The van der Waals surface area contributed by atoms with E-state index in [1.807, 2.05) is 6.92 Å². The Morgan fingerprint density at radius 3 is 2.57 bits per heavy atom. The van der Waals surface area contributed by atoms with Crippen LogP contribution in [0.3, 0.4) is 0 Å². The molecule has 1 saturated heterocycles. The SMILES string of the molecule is CCOc1ccc(NC(=O)C2CC(=O)N(c3cccc(C(F)(F)F)c3)C2)cc1. The van der Waals surface area contributed by atoms with Gasteiger partial charge in [0.15, 0.2) is 0 Å². The Balaban J connectivity index is 1.67. The number of hydrogen-bond donors (Lipinski definition) is 1. The third-order valence-corrected chi connectivity index (χ3v) is 4.41. The Hall–Kier alpha value is -3.03. The zero-order valence-corrected chi connectivity index (χ0v) is 15.1. The smallest absolute Gasteiger partial charge is 0.416 e. The highest BCUT2D eigenvalue weighted by molar-refractivity contribution is 6.03. The molecule has 2 aromatic rings. The Kier molecular flexibility index (Phi) is 5.58. The molecule has 1 N–H and O–H groups in total. The summed E-state index contributed by atoms with van der Waals surface area (Å²) in [4.78, 5) is 26.0. The van der Waals surface area contributed by atoms with Crippen LogP contribution in [0.1, 0.15) is 18.9 Å². The number of benzene rings is 2. The molecule has 0 saturated carbocycles. The minimum atomic E-state index is -4.50. The van der Waals surface area contributed by atoms with Gasteiger partial charge in [0.05, 0.1) is 18.1 Å². The molecule has 28 heavy (non-hydrogen) atoms. The van der Waals surface area contributed by atoms with Gasteiger partial charge in [-0.3, -0.25) is 9.59 Å². The van der Waals surface area contributed by atoms with Crippen molar-refractivity contribution < 1.29 is 27.5 Å². The Morgan fingerprint density at radius 1 is 1.21 bits per heavy atom. The van der Waals surface area contributed by atoms with Gasteiger partial charge in [0.2, 0.25) is 11.8 Å². The summed E-state index contributed by atoms with van der Waals surface area (Å²) < 4.78 is 44.0. The first kappa shape index (κ1) is 19.7. The molecule has 1 atom stereocenters. The highest BCUT2D eigenvalue weighted by Gasteiger charge is 2.37. The average molecular weight is 392 g/mol. The van der Waals surface area contributed by atoms with Crippen LogP contribution in [0.15, 0.2) is 48.5 Å². The lowest BCUT2D eigenvalue weighted by molar-refractivity contribution is -0.137. The molecule has 1 aliphatic rings. The van der Waals surface area contributed by atoms with Crippen LogP contribution in [0.5, 0.6) is 5.75 Å². The Bertz CT molecular complexity index is 866. The quantitative estimate of drug-likeness (QED) is 0.834. The van der Waals surface area contributed by atoms with Gasteiger partial charge in [-0.1, -0.05) is 6.07 Å². The van der Waals surface area contributed by atoms with Gasteiger partial charge in [0, 0.05) is 24.3 Å². The molecule has 0 radical (unpaired) electrons. The maximum Gasteiger partial charge on any atom is 0.416 e. The van der Waals surface area contributed by atoms with Crippen molar-refractivity contribution in [3.05, 3.63) is 54.1 Å². The van der Waals surface area contributed by atoms with Crippen LogP contribution in [0.25, 0.3) is 0 Å². The standard InChI is InChI=1S/C20H19F3N2O3/c1-2-28-17-8-6-15(7-9-17)24-19(27)13-10-18(26)25(12-13)16-5-3-4-14(11-16)20(21,22)23/h3-9,11,13H,2,10,12H2,1H3,(H,24,27). The topological polar surface area (TPSA) is 58.6 Å². The number of hydrogen-bond acceptors (Lipinski definition) is 3. The largest absolute Gasteiger partial charge is 0.494 e. The second kappa shape index (κ2) is 7.92. The van der Waals surface area contributed by atoms with E-state index >= 15 is 0 Å². The van der Waals surface area contributed by atoms with E-state index in [4.69, 9.17) is 4.74 Å². The fraction of sp³-hybridized carbons (Fsp3) is 0.300. The second-order valence-corrected chi connectivity index (χ2v) is 6.40. The number of halogens is 3. The molecule has 0 aromatic heterocycles. The average Bonchev–Trinajstić information content (AvgIpc) is 3.05. The summed E-state index contributed by atoms with van der Waals surface area (Å²) in [6.07, 6.45) is -4.55. The van der Waals surface area contributed by atoms with Crippen LogP contribution < -0.4 is 15.0 Å². The van der Waals surface area contributed by atoms with E-state index in [0.29, 0.717) is 18.0 Å². The van der Waals surface area contributed by atoms with Crippen LogP contribution in [0.4, 0.5) is 24.5 Å². The molecule has 5 nitrogen and oxygen atoms in total. The van der Waals surface area contributed by atoms with Crippen molar-refractivity contribution in [2.45, 2.75) is 19.5 Å². The first-order chi connectivity index (χ1) is 13.3.